The van der Waals surface area contributed by atoms with Gasteiger partial charge in [-0.15, -0.1) is 0 Å². The van der Waals surface area contributed by atoms with Crippen LogP contribution >= 0.6 is 0 Å². The van der Waals surface area contributed by atoms with Crippen molar-refractivity contribution in [3.05, 3.63) is 47.6 Å². The Morgan fingerprint density at radius 3 is 2.62 bits per heavy atom. The number of benzene rings is 1. The SMILES string of the molecule is CCCc1noc(CCCC(=O)NCC(C)(C(=O)O)c2ccccc2)n1. The molecule has 1 atom stereocenters. The Morgan fingerprint density at radius 1 is 1.23 bits per heavy atom. The van der Waals surface area contributed by atoms with Crippen LogP contribution in [0.2, 0.25) is 0 Å². The van der Waals surface area contributed by atoms with Crippen molar-refractivity contribution in [3.63, 3.8) is 0 Å². The molecule has 2 N–H and O–H groups in total. The second-order valence-corrected chi connectivity index (χ2v) is 6.49. The molecule has 1 amide bonds. The number of aliphatic carboxylic acids is 1. The van der Waals surface area contributed by atoms with E-state index in [0.717, 1.165) is 12.8 Å². The third kappa shape index (κ3) is 5.15. The molecular formula is C19H25N3O4. The van der Waals surface area contributed by atoms with Gasteiger partial charge in [-0.1, -0.05) is 42.4 Å². The Morgan fingerprint density at radius 2 is 1.96 bits per heavy atom. The molecule has 1 aromatic heterocycles. The average Bonchev–Trinajstić information content (AvgIpc) is 3.08. The van der Waals surface area contributed by atoms with Gasteiger partial charge in [0.05, 0.1) is 0 Å². The van der Waals surface area contributed by atoms with Crippen LogP contribution in [0.5, 0.6) is 0 Å². The topological polar surface area (TPSA) is 105 Å². The predicted molar refractivity (Wildman–Crippen MR) is 95.7 cm³/mol. The van der Waals surface area contributed by atoms with Crippen LogP contribution in [-0.2, 0) is 27.8 Å². The molecule has 0 saturated heterocycles. The highest BCUT2D eigenvalue weighted by atomic mass is 16.5. The maximum atomic E-state index is 12.1. The van der Waals surface area contributed by atoms with E-state index in [-0.39, 0.29) is 18.9 Å². The number of hydrogen-bond acceptors (Lipinski definition) is 5. The van der Waals surface area contributed by atoms with Gasteiger partial charge >= 0.3 is 5.97 Å². The fourth-order valence-corrected chi connectivity index (χ4v) is 2.59. The van der Waals surface area contributed by atoms with E-state index in [1.807, 2.05) is 13.0 Å². The van der Waals surface area contributed by atoms with Gasteiger partial charge in [-0.3, -0.25) is 9.59 Å². The van der Waals surface area contributed by atoms with Crippen molar-refractivity contribution >= 4 is 11.9 Å². The molecule has 2 aromatic rings. The summed E-state index contributed by atoms with van der Waals surface area (Å²) in [5.74, 6) is 0.0490. The van der Waals surface area contributed by atoms with E-state index in [9.17, 15) is 14.7 Å². The highest BCUT2D eigenvalue weighted by Crippen LogP contribution is 2.23. The maximum Gasteiger partial charge on any atom is 0.315 e. The molecule has 2 rings (SSSR count). The summed E-state index contributed by atoms with van der Waals surface area (Å²) in [5.41, 5.74) is -0.513. The summed E-state index contributed by atoms with van der Waals surface area (Å²) in [6, 6.07) is 8.91. The minimum Gasteiger partial charge on any atom is -0.481 e. The Hall–Kier alpha value is -2.70. The standard InChI is InChI=1S/C19H25N3O4/c1-3-8-15-21-17(26-22-15)12-7-11-16(23)20-13-19(2,18(24)25)14-9-5-4-6-10-14/h4-6,9-10H,3,7-8,11-13H2,1-2H3,(H,20,23)(H,24,25). The van der Waals surface area contributed by atoms with Crippen molar-refractivity contribution < 1.29 is 19.2 Å². The summed E-state index contributed by atoms with van der Waals surface area (Å²) in [4.78, 5) is 28.0. The minimum absolute atomic E-state index is 0.0341. The van der Waals surface area contributed by atoms with Crippen LogP contribution in [0.25, 0.3) is 0 Å². The molecule has 0 radical (unpaired) electrons. The number of carbonyl (C=O) groups excluding carboxylic acids is 1. The first-order chi connectivity index (χ1) is 12.5. The zero-order valence-electron chi connectivity index (χ0n) is 15.2. The molecule has 0 aliphatic heterocycles. The summed E-state index contributed by atoms with van der Waals surface area (Å²) >= 11 is 0. The molecule has 0 fully saturated rings. The summed E-state index contributed by atoms with van der Waals surface area (Å²) < 4.78 is 5.13. The van der Waals surface area contributed by atoms with E-state index in [0.29, 0.717) is 30.1 Å². The molecule has 0 saturated carbocycles. The molecular weight excluding hydrogens is 334 g/mol. The Kier molecular flexibility index (Phi) is 6.89. The second-order valence-electron chi connectivity index (χ2n) is 6.49. The van der Waals surface area contributed by atoms with Crippen molar-refractivity contribution in [3.8, 4) is 0 Å². The van der Waals surface area contributed by atoms with Gasteiger partial charge in [0.2, 0.25) is 11.8 Å². The number of aryl methyl sites for hydroxylation is 2. The minimum atomic E-state index is -1.17. The van der Waals surface area contributed by atoms with Gasteiger partial charge in [-0.25, -0.2) is 0 Å². The summed E-state index contributed by atoms with van der Waals surface area (Å²) in [6.07, 6.45) is 3.09. The highest BCUT2D eigenvalue weighted by molar-refractivity contribution is 5.83. The Balaban J connectivity index is 1.82. The lowest BCUT2D eigenvalue weighted by Crippen LogP contribution is -2.44. The molecule has 7 nitrogen and oxygen atoms in total. The number of amides is 1. The zero-order valence-corrected chi connectivity index (χ0v) is 15.2. The van der Waals surface area contributed by atoms with Gasteiger partial charge in [-0.2, -0.15) is 4.98 Å². The molecule has 1 unspecified atom stereocenters. The number of nitrogens with one attached hydrogen (secondary N) is 1. The Labute approximate surface area is 152 Å². The molecule has 7 heteroatoms. The first kappa shape index (κ1) is 19.6. The maximum absolute atomic E-state index is 12.1. The van der Waals surface area contributed by atoms with Gasteiger partial charge in [0.1, 0.15) is 5.41 Å². The lowest BCUT2D eigenvalue weighted by molar-refractivity contribution is -0.143. The van der Waals surface area contributed by atoms with Gasteiger partial charge in [0, 0.05) is 25.8 Å². The number of carbonyl (C=O) groups is 2. The largest absolute Gasteiger partial charge is 0.481 e. The van der Waals surface area contributed by atoms with Crippen molar-refractivity contribution in [2.75, 3.05) is 6.54 Å². The molecule has 0 spiro atoms. The second kappa shape index (κ2) is 9.12. The first-order valence-electron chi connectivity index (χ1n) is 8.82. The number of nitrogens with zero attached hydrogens (tertiary/aromatic N) is 2. The number of rotatable bonds is 10. The van der Waals surface area contributed by atoms with Crippen LogP contribution in [-0.4, -0.2) is 33.7 Å². The smallest absolute Gasteiger partial charge is 0.315 e. The highest BCUT2D eigenvalue weighted by Gasteiger charge is 2.35. The first-order valence-corrected chi connectivity index (χ1v) is 8.82. The van der Waals surface area contributed by atoms with Crippen molar-refractivity contribution in [1.29, 1.82) is 0 Å². The summed E-state index contributed by atoms with van der Waals surface area (Å²) in [7, 11) is 0. The van der Waals surface area contributed by atoms with E-state index in [1.54, 1.807) is 31.2 Å². The van der Waals surface area contributed by atoms with Crippen LogP contribution in [0.15, 0.2) is 34.9 Å². The predicted octanol–water partition coefficient (Wildman–Crippen LogP) is 2.50. The lowest BCUT2D eigenvalue weighted by atomic mass is 9.82. The van der Waals surface area contributed by atoms with Crippen molar-refractivity contribution in [2.45, 2.75) is 51.4 Å². The summed E-state index contributed by atoms with van der Waals surface area (Å²) in [5, 5.41) is 16.2. The van der Waals surface area contributed by atoms with Gasteiger partial charge in [0.15, 0.2) is 5.82 Å². The van der Waals surface area contributed by atoms with Gasteiger partial charge in [0.25, 0.3) is 0 Å². The van der Waals surface area contributed by atoms with Crippen LogP contribution in [0.3, 0.4) is 0 Å². The van der Waals surface area contributed by atoms with Gasteiger partial charge in [-0.05, 0) is 25.3 Å². The third-order valence-electron chi connectivity index (χ3n) is 4.30. The van der Waals surface area contributed by atoms with E-state index in [4.69, 9.17) is 4.52 Å². The average molecular weight is 359 g/mol. The van der Waals surface area contributed by atoms with E-state index >= 15 is 0 Å². The quantitative estimate of drug-likeness (QED) is 0.675. The van der Waals surface area contributed by atoms with E-state index in [1.165, 1.54) is 0 Å². The number of carboxylic acids is 1. The van der Waals surface area contributed by atoms with Crippen LogP contribution in [0.1, 0.15) is 50.4 Å². The van der Waals surface area contributed by atoms with Crippen LogP contribution in [0, 0.1) is 0 Å². The third-order valence-corrected chi connectivity index (χ3v) is 4.30. The van der Waals surface area contributed by atoms with E-state index in [2.05, 4.69) is 15.5 Å². The molecule has 1 aromatic carbocycles. The molecule has 1 heterocycles. The monoisotopic (exact) mass is 359 g/mol. The Bertz CT molecular complexity index is 729. The van der Waals surface area contributed by atoms with Crippen LogP contribution < -0.4 is 5.32 Å². The fourth-order valence-electron chi connectivity index (χ4n) is 2.59. The van der Waals surface area contributed by atoms with Crippen molar-refractivity contribution in [1.82, 2.24) is 15.5 Å². The zero-order chi connectivity index (χ0) is 19.0. The van der Waals surface area contributed by atoms with Crippen LogP contribution in [0.4, 0.5) is 0 Å². The number of carboxylic acid groups (broad SMARTS) is 1. The fraction of sp³-hybridized carbons (Fsp3) is 0.474. The number of hydrogen-bond donors (Lipinski definition) is 2. The van der Waals surface area contributed by atoms with Crippen molar-refractivity contribution in [2.24, 2.45) is 0 Å². The molecule has 0 bridgehead atoms. The summed E-state index contributed by atoms with van der Waals surface area (Å²) in [6.45, 7) is 3.69. The lowest BCUT2D eigenvalue weighted by Gasteiger charge is -2.25. The molecule has 140 valence electrons. The number of aromatic nitrogens is 2. The van der Waals surface area contributed by atoms with E-state index < -0.39 is 11.4 Å². The molecule has 26 heavy (non-hydrogen) atoms. The normalized spacial score (nSPS) is 13.2. The molecule has 0 aliphatic rings. The molecule has 0 aliphatic carbocycles. The van der Waals surface area contributed by atoms with Gasteiger partial charge < -0.3 is 14.9 Å².